The van der Waals surface area contributed by atoms with E-state index in [2.05, 4.69) is 40.7 Å². The Morgan fingerprint density at radius 2 is 2.18 bits per heavy atom. The van der Waals surface area contributed by atoms with Crippen LogP contribution in [0.3, 0.4) is 0 Å². The van der Waals surface area contributed by atoms with Gasteiger partial charge in [-0.3, -0.25) is 4.79 Å². The van der Waals surface area contributed by atoms with Crippen molar-refractivity contribution in [1.82, 2.24) is 20.5 Å². The van der Waals surface area contributed by atoms with Crippen molar-refractivity contribution < 1.29 is 14.3 Å². The minimum atomic E-state index is -0.394. The van der Waals surface area contributed by atoms with Crippen molar-refractivity contribution in [2.75, 3.05) is 19.7 Å². The van der Waals surface area contributed by atoms with Crippen molar-refractivity contribution >= 4 is 22.9 Å². The van der Waals surface area contributed by atoms with E-state index in [4.69, 9.17) is 4.74 Å². The number of fused-ring (bicyclic) bond motifs is 3. The van der Waals surface area contributed by atoms with Crippen LogP contribution in [-0.2, 0) is 22.5 Å². The monoisotopic (exact) mass is 384 g/mol. The molecule has 0 radical (unpaired) electrons. The molecule has 2 amide bonds. The fraction of sp³-hybridized carbons (Fsp3) is 0.524. The van der Waals surface area contributed by atoms with Crippen molar-refractivity contribution in [2.24, 2.45) is 0 Å². The first kappa shape index (κ1) is 18.8. The smallest absolute Gasteiger partial charge is 0.407 e. The van der Waals surface area contributed by atoms with E-state index in [9.17, 15) is 9.59 Å². The van der Waals surface area contributed by atoms with Crippen LogP contribution in [-0.4, -0.2) is 53.7 Å². The SMILES string of the molecule is CCCCOC(=O)N[C@H]1CN[C@H](C(=O)N2CCc3c([nH]c4ccccc34)C2)C1. The molecule has 2 aliphatic rings. The minimum Gasteiger partial charge on any atom is -0.450 e. The van der Waals surface area contributed by atoms with Crippen LogP contribution in [0.25, 0.3) is 10.9 Å². The summed E-state index contributed by atoms with van der Waals surface area (Å²) in [6.07, 6.45) is 2.92. The number of aromatic amines is 1. The minimum absolute atomic E-state index is 0.0727. The molecule has 1 aromatic heterocycles. The molecular weight excluding hydrogens is 356 g/mol. The predicted molar refractivity (Wildman–Crippen MR) is 107 cm³/mol. The molecule has 4 rings (SSSR count). The molecular formula is C21H28N4O3. The van der Waals surface area contributed by atoms with Gasteiger partial charge in [0.05, 0.1) is 19.2 Å². The van der Waals surface area contributed by atoms with Gasteiger partial charge in [0.15, 0.2) is 0 Å². The molecule has 0 saturated carbocycles. The Balaban J connectivity index is 1.32. The summed E-state index contributed by atoms with van der Waals surface area (Å²) in [5.74, 6) is 0.105. The molecule has 150 valence electrons. The highest BCUT2D eigenvalue weighted by Gasteiger charge is 2.34. The van der Waals surface area contributed by atoms with Crippen LogP contribution >= 0.6 is 0 Å². The zero-order valence-corrected chi connectivity index (χ0v) is 16.3. The fourth-order valence-corrected chi connectivity index (χ4v) is 4.15. The molecule has 0 bridgehead atoms. The van der Waals surface area contributed by atoms with Crippen LogP contribution in [0.5, 0.6) is 0 Å². The van der Waals surface area contributed by atoms with Gasteiger partial charge in [-0.05, 0) is 30.9 Å². The molecule has 3 heterocycles. The number of carbonyl (C=O) groups excluding carboxylic acids is 2. The Morgan fingerprint density at radius 3 is 3.04 bits per heavy atom. The molecule has 1 aromatic carbocycles. The number of aromatic nitrogens is 1. The number of unbranched alkanes of at least 4 members (excludes halogenated alkanes) is 1. The second-order valence-electron chi connectivity index (χ2n) is 7.66. The van der Waals surface area contributed by atoms with Gasteiger partial charge in [0.1, 0.15) is 0 Å². The molecule has 7 heteroatoms. The fourth-order valence-electron chi connectivity index (χ4n) is 4.15. The summed E-state index contributed by atoms with van der Waals surface area (Å²) in [6, 6.07) is 7.96. The lowest BCUT2D eigenvalue weighted by molar-refractivity contribution is -0.134. The Kier molecular flexibility index (Phi) is 5.52. The zero-order valence-electron chi connectivity index (χ0n) is 16.3. The maximum Gasteiger partial charge on any atom is 0.407 e. The number of hydrogen-bond acceptors (Lipinski definition) is 4. The molecule has 1 saturated heterocycles. The number of amides is 2. The summed E-state index contributed by atoms with van der Waals surface area (Å²) in [5.41, 5.74) is 3.59. The second kappa shape index (κ2) is 8.22. The van der Waals surface area contributed by atoms with Gasteiger partial charge in [-0.2, -0.15) is 0 Å². The van der Waals surface area contributed by atoms with E-state index in [1.165, 1.54) is 10.9 Å². The maximum atomic E-state index is 13.0. The van der Waals surface area contributed by atoms with E-state index in [1.807, 2.05) is 11.0 Å². The third-order valence-corrected chi connectivity index (χ3v) is 5.68. The standard InChI is InChI=1S/C21H28N4O3/c1-2-3-10-28-21(27)23-14-11-18(22-12-14)20(26)25-9-8-16-15-6-4-5-7-17(15)24-19(16)13-25/h4-7,14,18,22,24H,2-3,8-13H2,1H3,(H,23,27)/t14-,18+/m1/s1. The number of H-pyrrole nitrogens is 1. The summed E-state index contributed by atoms with van der Waals surface area (Å²) < 4.78 is 5.15. The number of carbonyl (C=O) groups is 2. The lowest BCUT2D eigenvalue weighted by atomic mass is 10.0. The van der Waals surface area contributed by atoms with Gasteiger partial charge in [0, 0.05) is 35.7 Å². The summed E-state index contributed by atoms with van der Waals surface area (Å²) >= 11 is 0. The van der Waals surface area contributed by atoms with E-state index in [-0.39, 0.29) is 18.0 Å². The van der Waals surface area contributed by atoms with Crippen molar-refractivity contribution in [3.63, 3.8) is 0 Å². The number of nitrogens with zero attached hydrogens (tertiary/aromatic N) is 1. The average Bonchev–Trinajstić information content (AvgIpc) is 3.31. The second-order valence-corrected chi connectivity index (χ2v) is 7.66. The van der Waals surface area contributed by atoms with Crippen molar-refractivity contribution in [3.05, 3.63) is 35.5 Å². The van der Waals surface area contributed by atoms with E-state index in [0.717, 1.165) is 37.0 Å². The van der Waals surface area contributed by atoms with Crippen molar-refractivity contribution in [2.45, 2.75) is 51.2 Å². The van der Waals surface area contributed by atoms with Gasteiger partial charge in [0.2, 0.25) is 5.91 Å². The molecule has 2 atom stereocenters. The van der Waals surface area contributed by atoms with Crippen LogP contribution in [0.1, 0.15) is 37.4 Å². The van der Waals surface area contributed by atoms with Crippen LogP contribution in [0.4, 0.5) is 4.79 Å². The van der Waals surface area contributed by atoms with Gasteiger partial charge in [0.25, 0.3) is 0 Å². The van der Waals surface area contributed by atoms with Crippen LogP contribution in [0, 0.1) is 0 Å². The predicted octanol–water partition coefficient (Wildman–Crippen LogP) is 2.31. The van der Waals surface area contributed by atoms with Gasteiger partial charge in [-0.25, -0.2) is 4.79 Å². The summed E-state index contributed by atoms with van der Waals surface area (Å²) in [5, 5.41) is 7.37. The Bertz CT molecular complexity index is 862. The first-order valence-electron chi connectivity index (χ1n) is 10.2. The zero-order chi connectivity index (χ0) is 19.5. The normalized spacial score (nSPS) is 21.5. The van der Waals surface area contributed by atoms with E-state index in [0.29, 0.717) is 26.1 Å². The van der Waals surface area contributed by atoms with E-state index < -0.39 is 6.09 Å². The number of benzene rings is 1. The van der Waals surface area contributed by atoms with Gasteiger partial charge in [-0.15, -0.1) is 0 Å². The number of rotatable bonds is 5. The molecule has 7 nitrogen and oxygen atoms in total. The first-order chi connectivity index (χ1) is 13.7. The Morgan fingerprint density at radius 1 is 1.32 bits per heavy atom. The highest BCUT2D eigenvalue weighted by Crippen LogP contribution is 2.28. The molecule has 0 unspecified atom stereocenters. The molecule has 2 aliphatic heterocycles. The molecule has 3 N–H and O–H groups in total. The molecule has 0 spiro atoms. The molecule has 28 heavy (non-hydrogen) atoms. The third kappa shape index (κ3) is 3.85. The highest BCUT2D eigenvalue weighted by atomic mass is 16.5. The Hall–Kier alpha value is -2.54. The van der Waals surface area contributed by atoms with Crippen molar-refractivity contribution in [3.8, 4) is 0 Å². The number of hydrogen-bond donors (Lipinski definition) is 3. The molecule has 2 aromatic rings. The van der Waals surface area contributed by atoms with Gasteiger partial charge >= 0.3 is 6.09 Å². The van der Waals surface area contributed by atoms with Crippen LogP contribution < -0.4 is 10.6 Å². The summed E-state index contributed by atoms with van der Waals surface area (Å²) in [7, 11) is 0. The summed E-state index contributed by atoms with van der Waals surface area (Å²) in [6.45, 7) is 4.41. The Labute approximate surface area is 164 Å². The molecule has 0 aliphatic carbocycles. The number of ether oxygens (including phenoxy) is 1. The van der Waals surface area contributed by atoms with Crippen LogP contribution in [0.15, 0.2) is 24.3 Å². The van der Waals surface area contributed by atoms with E-state index >= 15 is 0 Å². The third-order valence-electron chi connectivity index (χ3n) is 5.68. The lowest BCUT2D eigenvalue weighted by Crippen LogP contribution is -2.45. The quantitative estimate of drug-likeness (QED) is 0.691. The lowest BCUT2D eigenvalue weighted by Gasteiger charge is -2.29. The van der Waals surface area contributed by atoms with Gasteiger partial charge < -0.3 is 25.3 Å². The average molecular weight is 384 g/mol. The van der Waals surface area contributed by atoms with Gasteiger partial charge in [-0.1, -0.05) is 31.5 Å². The topological polar surface area (TPSA) is 86.5 Å². The van der Waals surface area contributed by atoms with Crippen LogP contribution in [0.2, 0.25) is 0 Å². The first-order valence-corrected chi connectivity index (χ1v) is 10.2. The van der Waals surface area contributed by atoms with Crippen molar-refractivity contribution in [1.29, 1.82) is 0 Å². The number of nitrogens with one attached hydrogen (secondary N) is 3. The number of alkyl carbamates (subject to hydrolysis) is 1. The molecule has 1 fully saturated rings. The maximum absolute atomic E-state index is 13.0. The largest absolute Gasteiger partial charge is 0.450 e. The highest BCUT2D eigenvalue weighted by molar-refractivity contribution is 5.86. The summed E-state index contributed by atoms with van der Waals surface area (Å²) in [4.78, 5) is 30.2. The number of para-hydroxylation sites is 1. The van der Waals surface area contributed by atoms with E-state index in [1.54, 1.807) is 0 Å².